The van der Waals surface area contributed by atoms with Crippen LogP contribution in [-0.4, -0.2) is 43.1 Å². The SMILES string of the molecule is COc1ccc(Br)cc1/C=N\NC(=O)C1CCN(C(=O)c2ccccc2Cl)CC1. The Hall–Kier alpha value is -2.38. The molecule has 0 atom stereocenters. The first kappa shape index (κ1) is 21.3. The monoisotopic (exact) mass is 477 g/mol. The van der Waals surface area contributed by atoms with E-state index in [9.17, 15) is 9.59 Å². The lowest BCUT2D eigenvalue weighted by molar-refractivity contribution is -0.126. The molecule has 6 nitrogen and oxygen atoms in total. The van der Waals surface area contributed by atoms with E-state index in [1.807, 2.05) is 18.2 Å². The van der Waals surface area contributed by atoms with Crippen molar-refractivity contribution in [2.75, 3.05) is 20.2 Å². The van der Waals surface area contributed by atoms with E-state index < -0.39 is 0 Å². The number of halogens is 2. The normalized spacial score (nSPS) is 14.8. The predicted molar refractivity (Wildman–Crippen MR) is 117 cm³/mol. The molecule has 1 aliphatic rings. The Balaban J connectivity index is 1.53. The first-order valence-electron chi connectivity index (χ1n) is 9.20. The zero-order chi connectivity index (χ0) is 20.8. The Labute approximate surface area is 183 Å². The topological polar surface area (TPSA) is 71.0 Å². The van der Waals surface area contributed by atoms with Crippen LogP contribution in [0.1, 0.15) is 28.8 Å². The number of hydrogen-bond donors (Lipinski definition) is 1. The maximum absolute atomic E-state index is 12.6. The molecule has 8 heteroatoms. The number of ether oxygens (including phenoxy) is 1. The van der Waals surface area contributed by atoms with Gasteiger partial charge >= 0.3 is 0 Å². The van der Waals surface area contributed by atoms with E-state index in [1.54, 1.807) is 42.5 Å². The number of carbonyl (C=O) groups is 2. The number of nitrogens with zero attached hydrogens (tertiary/aromatic N) is 2. The highest BCUT2D eigenvalue weighted by molar-refractivity contribution is 9.10. The summed E-state index contributed by atoms with van der Waals surface area (Å²) in [5, 5.41) is 4.50. The van der Waals surface area contributed by atoms with E-state index in [2.05, 4.69) is 26.5 Å². The first-order valence-corrected chi connectivity index (χ1v) is 10.4. The number of methoxy groups -OCH3 is 1. The summed E-state index contributed by atoms with van der Waals surface area (Å²) >= 11 is 9.52. The number of benzene rings is 2. The fourth-order valence-electron chi connectivity index (χ4n) is 3.21. The van der Waals surface area contributed by atoms with E-state index in [4.69, 9.17) is 16.3 Å². The van der Waals surface area contributed by atoms with Gasteiger partial charge in [-0.2, -0.15) is 5.10 Å². The Morgan fingerprint density at radius 1 is 1.24 bits per heavy atom. The third-order valence-electron chi connectivity index (χ3n) is 4.83. The van der Waals surface area contributed by atoms with Crippen molar-refractivity contribution in [2.45, 2.75) is 12.8 Å². The fraction of sp³-hybridized carbons (Fsp3) is 0.286. The molecule has 152 valence electrons. The third kappa shape index (κ3) is 5.36. The van der Waals surface area contributed by atoms with Gasteiger partial charge < -0.3 is 9.64 Å². The molecule has 1 N–H and O–H groups in total. The number of rotatable bonds is 5. The number of carbonyl (C=O) groups excluding carboxylic acids is 2. The highest BCUT2D eigenvalue weighted by atomic mass is 79.9. The molecule has 3 rings (SSSR count). The van der Waals surface area contributed by atoms with Crippen LogP contribution in [0.4, 0.5) is 0 Å². The van der Waals surface area contributed by atoms with Crippen LogP contribution >= 0.6 is 27.5 Å². The van der Waals surface area contributed by atoms with Gasteiger partial charge in [0.2, 0.25) is 5.91 Å². The molecule has 1 fully saturated rings. The van der Waals surface area contributed by atoms with Crippen LogP contribution in [0.2, 0.25) is 5.02 Å². The summed E-state index contributed by atoms with van der Waals surface area (Å²) in [5.74, 6) is 0.221. The molecule has 2 aromatic rings. The second-order valence-corrected chi connectivity index (χ2v) is 7.99. The molecular formula is C21H21BrClN3O3. The Bertz CT molecular complexity index is 927. The Morgan fingerprint density at radius 2 is 1.97 bits per heavy atom. The van der Waals surface area contributed by atoms with Crippen molar-refractivity contribution < 1.29 is 14.3 Å². The second kappa shape index (κ2) is 9.89. The minimum absolute atomic E-state index is 0.103. The largest absolute Gasteiger partial charge is 0.496 e. The molecule has 0 spiro atoms. The number of amides is 2. The van der Waals surface area contributed by atoms with Gasteiger partial charge in [-0.1, -0.05) is 39.7 Å². The van der Waals surface area contributed by atoms with Gasteiger partial charge in [-0.15, -0.1) is 0 Å². The lowest BCUT2D eigenvalue weighted by atomic mass is 9.95. The standard InChI is InChI=1S/C21H21BrClN3O3/c1-29-19-7-6-16(22)12-15(19)13-24-25-20(27)14-8-10-26(11-9-14)21(28)17-4-2-3-5-18(17)23/h2-7,12-14H,8-11H2,1H3,(H,25,27)/b24-13-. The highest BCUT2D eigenvalue weighted by Crippen LogP contribution is 2.23. The molecule has 0 radical (unpaired) electrons. The Kier molecular flexibility index (Phi) is 7.28. The predicted octanol–water partition coefficient (Wildman–Crippen LogP) is 4.11. The van der Waals surface area contributed by atoms with Crippen molar-refractivity contribution in [3.8, 4) is 5.75 Å². The summed E-state index contributed by atoms with van der Waals surface area (Å²) in [6.07, 6.45) is 2.72. The van der Waals surface area contributed by atoms with Gasteiger partial charge in [-0.05, 0) is 43.2 Å². The lowest BCUT2D eigenvalue weighted by Gasteiger charge is -2.31. The van der Waals surface area contributed by atoms with Crippen LogP contribution in [-0.2, 0) is 4.79 Å². The fourth-order valence-corrected chi connectivity index (χ4v) is 3.81. The zero-order valence-corrected chi connectivity index (χ0v) is 18.2. The van der Waals surface area contributed by atoms with Gasteiger partial charge in [0.1, 0.15) is 5.75 Å². The molecule has 1 aliphatic heterocycles. The van der Waals surface area contributed by atoms with Crippen molar-refractivity contribution in [2.24, 2.45) is 11.0 Å². The van der Waals surface area contributed by atoms with Gasteiger partial charge in [0.25, 0.3) is 5.91 Å². The summed E-state index contributed by atoms with van der Waals surface area (Å²) in [4.78, 5) is 26.8. The van der Waals surface area contributed by atoms with Gasteiger partial charge in [-0.25, -0.2) is 5.43 Å². The summed E-state index contributed by atoms with van der Waals surface area (Å²) in [6, 6.07) is 12.5. The van der Waals surface area contributed by atoms with E-state index >= 15 is 0 Å². The summed E-state index contributed by atoms with van der Waals surface area (Å²) in [6.45, 7) is 1.01. The quantitative estimate of drug-likeness (QED) is 0.519. The molecule has 0 aromatic heterocycles. The second-order valence-electron chi connectivity index (χ2n) is 6.67. The summed E-state index contributed by atoms with van der Waals surface area (Å²) in [5.41, 5.74) is 3.83. The summed E-state index contributed by atoms with van der Waals surface area (Å²) < 4.78 is 6.17. The van der Waals surface area contributed by atoms with E-state index in [0.717, 1.165) is 10.0 Å². The zero-order valence-electron chi connectivity index (χ0n) is 15.9. The van der Waals surface area contributed by atoms with Crippen LogP contribution < -0.4 is 10.2 Å². The molecule has 0 saturated carbocycles. The average Bonchev–Trinajstić information content (AvgIpc) is 2.74. The van der Waals surface area contributed by atoms with Crippen LogP contribution in [0.3, 0.4) is 0 Å². The van der Waals surface area contributed by atoms with Crippen molar-refractivity contribution in [3.05, 3.63) is 63.1 Å². The smallest absolute Gasteiger partial charge is 0.255 e. The first-order chi connectivity index (χ1) is 14.0. The molecule has 0 bridgehead atoms. The van der Waals surface area contributed by atoms with E-state index in [0.29, 0.717) is 42.3 Å². The molecule has 1 heterocycles. The molecular weight excluding hydrogens is 458 g/mol. The van der Waals surface area contributed by atoms with Crippen LogP contribution in [0.5, 0.6) is 5.75 Å². The van der Waals surface area contributed by atoms with Crippen molar-refractivity contribution in [1.29, 1.82) is 0 Å². The van der Waals surface area contributed by atoms with Gasteiger partial charge in [0.15, 0.2) is 0 Å². The van der Waals surface area contributed by atoms with E-state index in [-0.39, 0.29) is 17.7 Å². The average molecular weight is 479 g/mol. The third-order valence-corrected chi connectivity index (χ3v) is 5.65. The number of piperidine rings is 1. The minimum atomic E-state index is -0.188. The van der Waals surface area contributed by atoms with Crippen LogP contribution in [0, 0.1) is 5.92 Å². The molecule has 0 unspecified atom stereocenters. The minimum Gasteiger partial charge on any atom is -0.496 e. The highest BCUT2D eigenvalue weighted by Gasteiger charge is 2.28. The van der Waals surface area contributed by atoms with Gasteiger partial charge in [0.05, 0.1) is 23.9 Å². The number of hydrazone groups is 1. The Morgan fingerprint density at radius 3 is 2.66 bits per heavy atom. The maximum atomic E-state index is 12.6. The van der Waals surface area contributed by atoms with Crippen LogP contribution in [0.15, 0.2) is 52.0 Å². The summed E-state index contributed by atoms with van der Waals surface area (Å²) in [7, 11) is 1.58. The number of likely N-dealkylation sites (tertiary alicyclic amines) is 1. The molecule has 0 aliphatic carbocycles. The molecule has 29 heavy (non-hydrogen) atoms. The van der Waals surface area contributed by atoms with Crippen LogP contribution in [0.25, 0.3) is 0 Å². The lowest BCUT2D eigenvalue weighted by Crippen LogP contribution is -2.42. The van der Waals surface area contributed by atoms with Gasteiger partial charge in [-0.3, -0.25) is 9.59 Å². The number of hydrogen-bond acceptors (Lipinski definition) is 4. The molecule has 1 saturated heterocycles. The number of nitrogens with one attached hydrogen (secondary N) is 1. The van der Waals surface area contributed by atoms with Crippen molar-refractivity contribution in [3.63, 3.8) is 0 Å². The van der Waals surface area contributed by atoms with E-state index in [1.165, 1.54) is 0 Å². The molecule has 2 amide bonds. The van der Waals surface area contributed by atoms with Crippen molar-refractivity contribution in [1.82, 2.24) is 10.3 Å². The molecule has 2 aromatic carbocycles. The van der Waals surface area contributed by atoms with Gasteiger partial charge in [0, 0.05) is 29.0 Å². The maximum Gasteiger partial charge on any atom is 0.255 e. The van der Waals surface area contributed by atoms with Crippen molar-refractivity contribution >= 4 is 45.6 Å².